The first kappa shape index (κ1) is 14.0. The minimum Gasteiger partial charge on any atom is -0.381 e. The van der Waals surface area contributed by atoms with E-state index in [2.05, 4.69) is 17.0 Å². The quantitative estimate of drug-likeness (QED) is 0.436. The molecule has 0 bridgehead atoms. The predicted octanol–water partition coefficient (Wildman–Crippen LogP) is 2.58. The molecule has 1 aliphatic rings. The number of rotatable bonds is 5. The number of nitrogens with one attached hydrogen (secondary N) is 2. The number of nitrogens with zero attached hydrogens (tertiary/aromatic N) is 1. The predicted molar refractivity (Wildman–Crippen MR) is 79.5 cm³/mol. The molecule has 1 saturated carbocycles. The Morgan fingerprint density at radius 2 is 2.11 bits per heavy atom. The van der Waals surface area contributed by atoms with Crippen molar-refractivity contribution in [2.75, 3.05) is 17.0 Å². The Hall–Kier alpha value is -1.47. The highest BCUT2D eigenvalue weighted by Crippen LogP contribution is 2.32. The Labute approximate surface area is 116 Å². The van der Waals surface area contributed by atoms with Gasteiger partial charge >= 0.3 is 0 Å². The Balaban J connectivity index is 2.19. The third kappa shape index (κ3) is 3.30. The fourth-order valence-corrected chi connectivity index (χ4v) is 3.41. The standard InChI is InChI=1S/C12H18N4O2S/c1-19-12-4-2-3-11(12)14-8-5-9(15-13)7-10(6-8)16(17)18/h5-7,11-12,14-15H,2-4,13H2,1H3. The molecule has 7 heteroatoms. The van der Waals surface area contributed by atoms with Crippen LogP contribution < -0.4 is 16.6 Å². The van der Waals surface area contributed by atoms with Gasteiger partial charge in [-0.15, -0.1) is 0 Å². The summed E-state index contributed by atoms with van der Waals surface area (Å²) in [6.07, 6.45) is 5.58. The molecule has 0 aliphatic heterocycles. The molecule has 4 N–H and O–H groups in total. The Kier molecular flexibility index (Phi) is 4.49. The third-order valence-corrected chi connectivity index (χ3v) is 4.57. The number of thioether (sulfide) groups is 1. The van der Waals surface area contributed by atoms with Gasteiger partial charge in [-0.25, -0.2) is 0 Å². The van der Waals surface area contributed by atoms with Crippen LogP contribution in [-0.4, -0.2) is 22.5 Å². The lowest BCUT2D eigenvalue weighted by Gasteiger charge is -2.20. The maximum atomic E-state index is 10.9. The highest BCUT2D eigenvalue weighted by molar-refractivity contribution is 7.99. The average Bonchev–Trinajstić information content (AvgIpc) is 2.85. The molecule has 104 valence electrons. The van der Waals surface area contributed by atoms with Gasteiger partial charge in [0.1, 0.15) is 0 Å². The van der Waals surface area contributed by atoms with E-state index in [1.165, 1.54) is 18.9 Å². The minimum absolute atomic E-state index is 0.0386. The molecule has 0 aromatic heterocycles. The third-order valence-electron chi connectivity index (χ3n) is 3.40. The maximum absolute atomic E-state index is 10.9. The van der Waals surface area contributed by atoms with Gasteiger partial charge in [-0.2, -0.15) is 11.8 Å². The fourth-order valence-electron chi connectivity index (χ4n) is 2.47. The largest absolute Gasteiger partial charge is 0.381 e. The number of nitrogens with two attached hydrogens (primary N) is 1. The molecule has 0 heterocycles. The summed E-state index contributed by atoms with van der Waals surface area (Å²) >= 11 is 1.84. The zero-order valence-electron chi connectivity index (χ0n) is 10.8. The summed E-state index contributed by atoms with van der Waals surface area (Å²) in [6.45, 7) is 0. The van der Waals surface area contributed by atoms with Gasteiger partial charge < -0.3 is 10.7 Å². The molecule has 6 nitrogen and oxygen atoms in total. The van der Waals surface area contributed by atoms with E-state index in [0.29, 0.717) is 17.0 Å². The molecule has 0 saturated heterocycles. The maximum Gasteiger partial charge on any atom is 0.273 e. The number of hydrogen-bond acceptors (Lipinski definition) is 6. The topological polar surface area (TPSA) is 93.2 Å². The van der Waals surface area contributed by atoms with Crippen LogP contribution in [0.3, 0.4) is 0 Å². The van der Waals surface area contributed by atoms with Crippen LogP contribution in [-0.2, 0) is 0 Å². The molecular weight excluding hydrogens is 264 g/mol. The fraction of sp³-hybridized carbons (Fsp3) is 0.500. The van der Waals surface area contributed by atoms with Crippen LogP contribution in [0.25, 0.3) is 0 Å². The van der Waals surface area contributed by atoms with Crippen LogP contribution in [0.1, 0.15) is 19.3 Å². The number of anilines is 2. The van der Waals surface area contributed by atoms with Crippen molar-refractivity contribution in [1.29, 1.82) is 0 Å². The molecule has 0 radical (unpaired) electrons. The van der Waals surface area contributed by atoms with Gasteiger partial charge in [0.05, 0.1) is 10.6 Å². The summed E-state index contributed by atoms with van der Waals surface area (Å²) in [5.41, 5.74) is 3.78. The second kappa shape index (κ2) is 6.12. The normalized spacial score (nSPS) is 22.2. The molecule has 2 atom stereocenters. The number of nitro benzene ring substituents is 1. The van der Waals surface area contributed by atoms with E-state index < -0.39 is 4.92 Å². The molecule has 1 aromatic rings. The van der Waals surface area contributed by atoms with Gasteiger partial charge in [0.2, 0.25) is 0 Å². The number of hydrazine groups is 1. The van der Waals surface area contributed by atoms with E-state index >= 15 is 0 Å². The van der Waals surface area contributed by atoms with E-state index in [-0.39, 0.29) is 5.69 Å². The zero-order chi connectivity index (χ0) is 13.8. The number of nitrogen functional groups attached to an aromatic ring is 1. The number of non-ortho nitro benzene ring substituents is 1. The first-order valence-electron chi connectivity index (χ1n) is 6.19. The van der Waals surface area contributed by atoms with E-state index in [1.807, 2.05) is 11.8 Å². The van der Waals surface area contributed by atoms with Gasteiger partial charge in [0, 0.05) is 29.1 Å². The monoisotopic (exact) mass is 282 g/mol. The van der Waals surface area contributed by atoms with Crippen molar-refractivity contribution in [1.82, 2.24) is 0 Å². The molecule has 19 heavy (non-hydrogen) atoms. The van der Waals surface area contributed by atoms with Crippen LogP contribution in [0.2, 0.25) is 0 Å². The van der Waals surface area contributed by atoms with Gasteiger partial charge in [-0.05, 0) is 25.2 Å². The molecule has 1 aromatic carbocycles. The molecule has 2 unspecified atom stereocenters. The highest BCUT2D eigenvalue weighted by Gasteiger charge is 2.26. The van der Waals surface area contributed by atoms with E-state index in [4.69, 9.17) is 5.84 Å². The lowest BCUT2D eigenvalue weighted by atomic mass is 10.2. The zero-order valence-corrected chi connectivity index (χ0v) is 11.6. The smallest absolute Gasteiger partial charge is 0.273 e. The minimum atomic E-state index is -0.410. The summed E-state index contributed by atoms with van der Waals surface area (Å²) < 4.78 is 0. The summed E-state index contributed by atoms with van der Waals surface area (Å²) in [5, 5.41) is 14.8. The van der Waals surface area contributed by atoms with Crippen LogP contribution in [0.4, 0.5) is 17.1 Å². The Bertz CT molecular complexity index is 469. The second-order valence-electron chi connectivity index (χ2n) is 4.63. The molecular formula is C12H18N4O2S. The highest BCUT2D eigenvalue weighted by atomic mass is 32.2. The van der Waals surface area contributed by atoms with Crippen LogP contribution >= 0.6 is 11.8 Å². The van der Waals surface area contributed by atoms with Gasteiger partial charge in [-0.3, -0.25) is 16.0 Å². The van der Waals surface area contributed by atoms with Crippen molar-refractivity contribution in [3.63, 3.8) is 0 Å². The molecule has 1 fully saturated rings. The first-order chi connectivity index (χ1) is 9.13. The number of nitro groups is 1. The SMILES string of the molecule is CSC1CCCC1Nc1cc(NN)cc([N+](=O)[O-])c1. The summed E-state index contributed by atoms with van der Waals surface area (Å²) in [7, 11) is 0. The Morgan fingerprint density at radius 1 is 1.37 bits per heavy atom. The number of hydrogen-bond donors (Lipinski definition) is 3. The van der Waals surface area contributed by atoms with Crippen molar-refractivity contribution in [2.24, 2.45) is 5.84 Å². The van der Waals surface area contributed by atoms with Crippen molar-refractivity contribution >= 4 is 28.8 Å². The van der Waals surface area contributed by atoms with Crippen LogP contribution in [0.5, 0.6) is 0 Å². The van der Waals surface area contributed by atoms with Gasteiger partial charge in [0.25, 0.3) is 5.69 Å². The van der Waals surface area contributed by atoms with Gasteiger partial charge in [0.15, 0.2) is 0 Å². The number of benzene rings is 1. The van der Waals surface area contributed by atoms with Crippen LogP contribution in [0.15, 0.2) is 18.2 Å². The summed E-state index contributed by atoms with van der Waals surface area (Å²) in [5.74, 6) is 5.34. The average molecular weight is 282 g/mol. The molecule has 2 rings (SSSR count). The van der Waals surface area contributed by atoms with Crippen molar-refractivity contribution in [3.05, 3.63) is 28.3 Å². The van der Waals surface area contributed by atoms with E-state index in [9.17, 15) is 10.1 Å². The first-order valence-corrected chi connectivity index (χ1v) is 7.48. The molecule has 0 spiro atoms. The van der Waals surface area contributed by atoms with E-state index in [1.54, 1.807) is 12.1 Å². The Morgan fingerprint density at radius 3 is 2.74 bits per heavy atom. The second-order valence-corrected chi connectivity index (χ2v) is 5.70. The molecule has 0 amide bonds. The summed E-state index contributed by atoms with van der Waals surface area (Å²) in [6, 6.07) is 5.13. The summed E-state index contributed by atoms with van der Waals surface area (Å²) in [4.78, 5) is 10.5. The van der Waals surface area contributed by atoms with Crippen molar-refractivity contribution < 1.29 is 4.92 Å². The molecule has 1 aliphatic carbocycles. The van der Waals surface area contributed by atoms with Crippen LogP contribution in [0, 0.1) is 10.1 Å². The van der Waals surface area contributed by atoms with Gasteiger partial charge in [-0.1, -0.05) is 6.42 Å². The van der Waals surface area contributed by atoms with Crippen molar-refractivity contribution in [3.8, 4) is 0 Å². The lowest BCUT2D eigenvalue weighted by molar-refractivity contribution is -0.384. The van der Waals surface area contributed by atoms with Crippen molar-refractivity contribution in [2.45, 2.75) is 30.6 Å². The lowest BCUT2D eigenvalue weighted by Crippen LogP contribution is -2.25. The van der Waals surface area contributed by atoms with E-state index in [0.717, 1.165) is 12.1 Å².